The van der Waals surface area contributed by atoms with Gasteiger partial charge in [-0.15, -0.1) is 0 Å². The van der Waals surface area contributed by atoms with Crippen LogP contribution in [0.2, 0.25) is 5.15 Å². The molecule has 1 aromatic heterocycles. The highest BCUT2D eigenvalue weighted by atomic mass is 35.5. The molecule has 7 heteroatoms. The van der Waals surface area contributed by atoms with Crippen LogP contribution in [0, 0.1) is 6.92 Å². The third-order valence-electron chi connectivity index (χ3n) is 4.96. The minimum atomic E-state index is -0.0107. The summed E-state index contributed by atoms with van der Waals surface area (Å²) >= 11 is 6.39. The van der Waals surface area contributed by atoms with Crippen molar-refractivity contribution in [2.24, 2.45) is 0 Å². The number of aromatic nitrogens is 2. The van der Waals surface area contributed by atoms with Gasteiger partial charge >= 0.3 is 0 Å². The van der Waals surface area contributed by atoms with E-state index in [0.29, 0.717) is 36.1 Å². The zero-order chi connectivity index (χ0) is 16.6. The van der Waals surface area contributed by atoms with Crippen molar-refractivity contribution >= 4 is 17.5 Å². The Labute approximate surface area is 142 Å². The number of fused-ring (bicyclic) bond motifs is 1. The SMILES string of the molecule is CCN1CC[C@H]2OCCN(C(=O)c3c(C)nn(CC)c3Cl)[C@H]2C1. The third-order valence-corrected chi connectivity index (χ3v) is 5.34. The fourth-order valence-corrected chi connectivity index (χ4v) is 4.00. The van der Waals surface area contributed by atoms with Crippen molar-refractivity contribution in [3.63, 3.8) is 0 Å². The number of carbonyl (C=O) groups excluding carboxylic acids is 1. The van der Waals surface area contributed by atoms with Gasteiger partial charge in [0.1, 0.15) is 5.15 Å². The van der Waals surface area contributed by atoms with E-state index in [1.54, 1.807) is 4.68 Å². The van der Waals surface area contributed by atoms with Gasteiger partial charge < -0.3 is 14.5 Å². The second-order valence-electron chi connectivity index (χ2n) is 6.22. The molecule has 0 saturated carbocycles. The van der Waals surface area contributed by atoms with Crippen LogP contribution >= 0.6 is 11.6 Å². The van der Waals surface area contributed by atoms with Gasteiger partial charge in [-0.25, -0.2) is 0 Å². The van der Waals surface area contributed by atoms with Crippen molar-refractivity contribution in [2.75, 3.05) is 32.8 Å². The van der Waals surface area contributed by atoms with Gasteiger partial charge in [-0.05, 0) is 26.8 Å². The highest BCUT2D eigenvalue weighted by molar-refractivity contribution is 6.33. The summed E-state index contributed by atoms with van der Waals surface area (Å²) in [5, 5.41) is 4.82. The summed E-state index contributed by atoms with van der Waals surface area (Å²) in [5.74, 6) is -0.0107. The van der Waals surface area contributed by atoms with Crippen LogP contribution in [0.1, 0.15) is 36.3 Å². The lowest BCUT2D eigenvalue weighted by molar-refractivity contribution is -0.0896. The number of halogens is 1. The molecular weight excluding hydrogens is 316 g/mol. The summed E-state index contributed by atoms with van der Waals surface area (Å²) < 4.78 is 7.59. The maximum atomic E-state index is 13.1. The Bertz CT molecular complexity index is 589. The summed E-state index contributed by atoms with van der Waals surface area (Å²) in [5.41, 5.74) is 1.25. The van der Waals surface area contributed by atoms with E-state index < -0.39 is 0 Å². The number of ether oxygens (including phenoxy) is 1. The molecular formula is C16H25ClN4O2. The monoisotopic (exact) mass is 340 g/mol. The molecule has 3 rings (SSSR count). The first-order chi connectivity index (χ1) is 11.1. The van der Waals surface area contributed by atoms with E-state index in [1.807, 2.05) is 18.7 Å². The molecule has 2 aliphatic heterocycles. The largest absolute Gasteiger partial charge is 0.374 e. The molecule has 0 N–H and O–H groups in total. The molecule has 0 bridgehead atoms. The van der Waals surface area contributed by atoms with Gasteiger partial charge in [0.15, 0.2) is 0 Å². The quantitative estimate of drug-likeness (QED) is 0.842. The van der Waals surface area contributed by atoms with Crippen LogP contribution in [0.4, 0.5) is 0 Å². The molecule has 128 valence electrons. The summed E-state index contributed by atoms with van der Waals surface area (Å²) in [4.78, 5) is 17.5. The highest BCUT2D eigenvalue weighted by Crippen LogP contribution is 2.28. The van der Waals surface area contributed by atoms with Crippen LogP contribution in [0.5, 0.6) is 0 Å². The molecule has 6 nitrogen and oxygen atoms in total. The van der Waals surface area contributed by atoms with E-state index in [-0.39, 0.29) is 18.1 Å². The number of carbonyl (C=O) groups is 1. The van der Waals surface area contributed by atoms with Gasteiger partial charge in [-0.2, -0.15) is 5.10 Å². The van der Waals surface area contributed by atoms with Crippen molar-refractivity contribution in [1.29, 1.82) is 0 Å². The topological polar surface area (TPSA) is 50.6 Å². The van der Waals surface area contributed by atoms with E-state index in [2.05, 4.69) is 16.9 Å². The van der Waals surface area contributed by atoms with Crippen molar-refractivity contribution in [3.8, 4) is 0 Å². The van der Waals surface area contributed by atoms with Crippen LogP contribution in [0.25, 0.3) is 0 Å². The number of likely N-dealkylation sites (N-methyl/N-ethyl adjacent to an activating group) is 1. The van der Waals surface area contributed by atoms with E-state index in [4.69, 9.17) is 16.3 Å². The average molecular weight is 341 g/mol. The molecule has 3 heterocycles. The van der Waals surface area contributed by atoms with Crippen LogP contribution in [-0.2, 0) is 11.3 Å². The molecule has 2 saturated heterocycles. The molecule has 0 radical (unpaired) electrons. The first-order valence-electron chi connectivity index (χ1n) is 8.44. The number of piperidine rings is 1. The number of amides is 1. The summed E-state index contributed by atoms with van der Waals surface area (Å²) in [6.45, 7) is 10.7. The molecule has 2 atom stereocenters. The Morgan fingerprint density at radius 1 is 1.35 bits per heavy atom. The van der Waals surface area contributed by atoms with Crippen LogP contribution in [-0.4, -0.2) is 70.4 Å². The lowest BCUT2D eigenvalue weighted by Crippen LogP contribution is -2.61. The molecule has 0 aliphatic carbocycles. The first-order valence-corrected chi connectivity index (χ1v) is 8.82. The number of nitrogens with zero attached hydrogens (tertiary/aromatic N) is 4. The molecule has 23 heavy (non-hydrogen) atoms. The van der Waals surface area contributed by atoms with Gasteiger partial charge in [-0.1, -0.05) is 18.5 Å². The van der Waals surface area contributed by atoms with Gasteiger partial charge in [0.25, 0.3) is 5.91 Å². The van der Waals surface area contributed by atoms with E-state index >= 15 is 0 Å². The number of morpholine rings is 1. The zero-order valence-corrected chi connectivity index (χ0v) is 14.8. The number of rotatable bonds is 3. The van der Waals surface area contributed by atoms with Crippen molar-refractivity contribution < 1.29 is 9.53 Å². The van der Waals surface area contributed by atoms with Gasteiger partial charge in [0, 0.05) is 26.2 Å². The maximum absolute atomic E-state index is 13.1. The fraction of sp³-hybridized carbons (Fsp3) is 0.750. The summed E-state index contributed by atoms with van der Waals surface area (Å²) in [6, 6.07) is 0.102. The number of hydrogen-bond donors (Lipinski definition) is 0. The molecule has 2 aliphatic rings. The second-order valence-corrected chi connectivity index (χ2v) is 6.58. The molecule has 0 aromatic carbocycles. The minimum absolute atomic E-state index is 0.0107. The fourth-order valence-electron chi connectivity index (χ4n) is 3.63. The Morgan fingerprint density at radius 2 is 2.13 bits per heavy atom. The number of likely N-dealkylation sites (tertiary alicyclic amines) is 1. The molecule has 0 unspecified atom stereocenters. The molecule has 2 fully saturated rings. The minimum Gasteiger partial charge on any atom is -0.374 e. The van der Waals surface area contributed by atoms with Crippen molar-refractivity contribution in [1.82, 2.24) is 19.6 Å². The molecule has 1 amide bonds. The number of aryl methyl sites for hydroxylation is 2. The van der Waals surface area contributed by atoms with Crippen LogP contribution in [0.3, 0.4) is 0 Å². The van der Waals surface area contributed by atoms with Crippen molar-refractivity contribution in [3.05, 3.63) is 16.4 Å². The summed E-state index contributed by atoms with van der Waals surface area (Å²) in [7, 11) is 0. The van der Waals surface area contributed by atoms with Gasteiger partial charge in [0.2, 0.25) is 0 Å². The Hall–Kier alpha value is -1.11. The third kappa shape index (κ3) is 2.99. The predicted molar refractivity (Wildman–Crippen MR) is 88.9 cm³/mol. The highest BCUT2D eigenvalue weighted by Gasteiger charge is 2.40. The predicted octanol–water partition coefficient (Wildman–Crippen LogP) is 1.80. The second kappa shape index (κ2) is 6.79. The van der Waals surface area contributed by atoms with Crippen molar-refractivity contribution in [2.45, 2.75) is 45.9 Å². The average Bonchev–Trinajstić information content (AvgIpc) is 2.87. The van der Waals surface area contributed by atoms with Crippen LogP contribution in [0.15, 0.2) is 0 Å². The van der Waals surface area contributed by atoms with Crippen LogP contribution < -0.4 is 0 Å². The lowest BCUT2D eigenvalue weighted by Gasteiger charge is -2.46. The lowest BCUT2D eigenvalue weighted by atomic mass is 9.98. The van der Waals surface area contributed by atoms with Gasteiger partial charge in [0.05, 0.1) is 30.0 Å². The molecule has 1 aromatic rings. The molecule has 0 spiro atoms. The Kier molecular flexibility index (Phi) is 4.94. The standard InChI is InChI=1S/C16H25ClN4O2/c1-4-19-7-6-13-12(10-19)20(8-9-23-13)16(22)14-11(3)18-21(5-2)15(14)17/h12-13H,4-10H2,1-3H3/t12-,13+/m0/s1. The Morgan fingerprint density at radius 3 is 2.78 bits per heavy atom. The first kappa shape index (κ1) is 16.7. The van der Waals surface area contributed by atoms with E-state index in [0.717, 1.165) is 26.1 Å². The Balaban J connectivity index is 1.87. The van der Waals surface area contributed by atoms with E-state index in [1.165, 1.54) is 0 Å². The zero-order valence-electron chi connectivity index (χ0n) is 14.1. The van der Waals surface area contributed by atoms with Gasteiger partial charge in [-0.3, -0.25) is 9.48 Å². The number of hydrogen-bond acceptors (Lipinski definition) is 4. The van der Waals surface area contributed by atoms with E-state index in [9.17, 15) is 4.79 Å². The smallest absolute Gasteiger partial charge is 0.259 e. The summed E-state index contributed by atoms with van der Waals surface area (Å²) in [6.07, 6.45) is 1.11. The normalized spacial score (nSPS) is 25.5. The maximum Gasteiger partial charge on any atom is 0.259 e.